The van der Waals surface area contributed by atoms with Gasteiger partial charge >= 0.3 is 39.5 Å². The summed E-state index contributed by atoms with van der Waals surface area (Å²) in [6, 6.07) is 0. The molecule has 0 spiro atoms. The topological polar surface area (TPSA) is 237 Å². The Labute approximate surface area is 575 Å². The predicted octanol–water partition coefficient (Wildman–Crippen LogP) is 21.7. The van der Waals surface area contributed by atoms with Gasteiger partial charge in [-0.05, 0) is 49.4 Å². The summed E-state index contributed by atoms with van der Waals surface area (Å²) in [4.78, 5) is 72.7. The largest absolute Gasteiger partial charge is 0.472 e. The molecule has 0 aromatic carbocycles. The second-order valence-corrected chi connectivity index (χ2v) is 31.4. The van der Waals surface area contributed by atoms with E-state index < -0.39 is 97.5 Å². The molecule has 4 unspecified atom stereocenters. The van der Waals surface area contributed by atoms with Gasteiger partial charge < -0.3 is 33.8 Å². The first kappa shape index (κ1) is 92.1. The van der Waals surface area contributed by atoms with Gasteiger partial charge in [0.1, 0.15) is 19.3 Å². The number of rotatable bonds is 72. The first-order chi connectivity index (χ1) is 45.2. The normalized spacial score (nSPS) is 14.7. The lowest BCUT2D eigenvalue weighted by molar-refractivity contribution is -0.161. The van der Waals surface area contributed by atoms with Crippen molar-refractivity contribution in [1.82, 2.24) is 0 Å². The van der Waals surface area contributed by atoms with E-state index in [1.54, 1.807) is 0 Å². The molecule has 0 amide bonds. The third-order valence-electron chi connectivity index (χ3n) is 18.0. The quantitative estimate of drug-likeness (QED) is 0.0222. The highest BCUT2D eigenvalue weighted by molar-refractivity contribution is 7.47. The Morgan fingerprint density at radius 1 is 0.298 bits per heavy atom. The van der Waals surface area contributed by atoms with Crippen LogP contribution in [0, 0.1) is 23.7 Å². The molecular weight excluding hydrogens is 1230 g/mol. The van der Waals surface area contributed by atoms with Crippen LogP contribution < -0.4 is 0 Å². The van der Waals surface area contributed by atoms with Crippen molar-refractivity contribution in [2.24, 2.45) is 23.7 Å². The van der Waals surface area contributed by atoms with Crippen LogP contribution in [0.5, 0.6) is 0 Å². The third kappa shape index (κ3) is 66.0. The van der Waals surface area contributed by atoms with Gasteiger partial charge in [-0.25, -0.2) is 9.13 Å². The number of ether oxygens (including phenoxy) is 4. The Kier molecular flexibility index (Phi) is 63.1. The molecule has 0 aliphatic rings. The van der Waals surface area contributed by atoms with E-state index in [0.717, 1.165) is 114 Å². The lowest BCUT2D eigenvalue weighted by Crippen LogP contribution is -2.30. The molecule has 19 heteroatoms. The van der Waals surface area contributed by atoms with Crippen molar-refractivity contribution in [1.29, 1.82) is 0 Å². The molecule has 558 valence electrons. The first-order valence-electron chi connectivity index (χ1n) is 38.8. The Balaban J connectivity index is 5.16. The van der Waals surface area contributed by atoms with E-state index in [4.69, 9.17) is 37.0 Å². The fourth-order valence-electron chi connectivity index (χ4n) is 11.3. The second-order valence-electron chi connectivity index (χ2n) is 28.5. The van der Waals surface area contributed by atoms with E-state index in [9.17, 15) is 43.2 Å². The molecule has 0 bridgehead atoms. The molecule has 0 aliphatic carbocycles. The van der Waals surface area contributed by atoms with Crippen LogP contribution in [0.3, 0.4) is 0 Å². The van der Waals surface area contributed by atoms with Gasteiger partial charge in [0.15, 0.2) is 12.2 Å². The van der Waals surface area contributed by atoms with Crippen molar-refractivity contribution in [3.8, 4) is 0 Å². The van der Waals surface area contributed by atoms with Crippen LogP contribution in [0.2, 0.25) is 0 Å². The number of carbonyl (C=O) groups is 4. The van der Waals surface area contributed by atoms with Gasteiger partial charge in [0.25, 0.3) is 0 Å². The van der Waals surface area contributed by atoms with Crippen LogP contribution in [0.1, 0.15) is 376 Å². The summed E-state index contributed by atoms with van der Waals surface area (Å²) in [5, 5.41) is 10.6. The van der Waals surface area contributed by atoms with Crippen molar-refractivity contribution in [3.05, 3.63) is 0 Å². The highest BCUT2D eigenvalue weighted by atomic mass is 31.2. The van der Waals surface area contributed by atoms with Gasteiger partial charge in [-0.15, -0.1) is 0 Å². The van der Waals surface area contributed by atoms with E-state index >= 15 is 0 Å². The van der Waals surface area contributed by atoms with Gasteiger partial charge in [0.05, 0.1) is 26.4 Å². The molecule has 0 saturated heterocycles. The smallest absolute Gasteiger partial charge is 0.462 e. The van der Waals surface area contributed by atoms with E-state index in [1.165, 1.54) is 173 Å². The van der Waals surface area contributed by atoms with Crippen molar-refractivity contribution < 1.29 is 80.2 Å². The molecule has 0 aromatic rings. The number of esters is 4. The number of hydrogen-bond donors (Lipinski definition) is 3. The number of phosphoric acid groups is 2. The molecule has 0 aromatic heterocycles. The number of aliphatic hydroxyl groups is 1. The van der Waals surface area contributed by atoms with Crippen LogP contribution >= 0.6 is 15.6 Å². The lowest BCUT2D eigenvalue weighted by atomic mass is 9.99. The number of aliphatic hydroxyl groups excluding tert-OH is 1. The Hall–Kier alpha value is -1.94. The molecular formula is C75H146O17P2. The van der Waals surface area contributed by atoms with Crippen LogP contribution in [0.25, 0.3) is 0 Å². The number of unbranched alkanes of at least 4 members (excludes halogenated alkanes) is 36. The highest BCUT2D eigenvalue weighted by Crippen LogP contribution is 2.45. The number of phosphoric ester groups is 2. The van der Waals surface area contributed by atoms with Crippen molar-refractivity contribution in [2.45, 2.75) is 395 Å². The average Bonchev–Trinajstić information content (AvgIpc) is 2.17. The van der Waals surface area contributed by atoms with Gasteiger partial charge in [-0.2, -0.15) is 0 Å². The summed E-state index contributed by atoms with van der Waals surface area (Å²) < 4.78 is 68.4. The zero-order chi connectivity index (χ0) is 69.6. The fraction of sp³-hybridized carbons (Fsp3) is 0.947. The molecule has 0 fully saturated rings. The standard InChI is InChI=1S/C75H146O17P2/c1-9-67(7)53-45-37-28-24-21-22-25-29-39-47-55-72(77)85-61-71(92-75(80)58-50-42-33-31-36-44-52-66(5)6)64-90-94(83,84)88-60-69(76)59-87-93(81,82)89-63-70(62-86-73(78)56-48-40-34-32-38-46-54-68(8)10-2)91-74(79)57-49-41-30-26-20-18-16-14-12-11-13-15-17-19-23-27-35-43-51-65(3)4/h65-71,76H,9-64H2,1-8H3,(H,81,82)(H,83,84)/t67?,68?,69-,70+,71+/m0/s1. The maximum atomic E-state index is 13.1. The summed E-state index contributed by atoms with van der Waals surface area (Å²) in [6.07, 6.45) is 48.9. The monoisotopic (exact) mass is 1380 g/mol. The molecule has 17 nitrogen and oxygen atoms in total. The molecule has 0 saturated carbocycles. The van der Waals surface area contributed by atoms with Crippen molar-refractivity contribution in [2.75, 3.05) is 39.6 Å². The SMILES string of the molecule is CCC(C)CCCCCCCCCCCCC(=O)OC[C@H](COP(=O)(O)OC[C@@H](O)COP(=O)(O)OC[C@@H](COC(=O)CCCCCCCCC(C)CC)OC(=O)CCCCCCCCCCCCCCCCCCCCC(C)C)OC(=O)CCCCCCCCC(C)C. The number of carbonyl (C=O) groups excluding carboxylic acids is 4. The Morgan fingerprint density at radius 2 is 0.511 bits per heavy atom. The summed E-state index contributed by atoms with van der Waals surface area (Å²) in [6.45, 7) is 14.1. The molecule has 7 atom stereocenters. The lowest BCUT2D eigenvalue weighted by Gasteiger charge is -2.21. The van der Waals surface area contributed by atoms with Crippen molar-refractivity contribution in [3.63, 3.8) is 0 Å². The van der Waals surface area contributed by atoms with Gasteiger partial charge in [0, 0.05) is 25.7 Å². The third-order valence-corrected chi connectivity index (χ3v) is 19.9. The molecule has 0 aliphatic heterocycles. The Bertz CT molecular complexity index is 1850. The van der Waals surface area contributed by atoms with Crippen LogP contribution in [-0.4, -0.2) is 96.7 Å². The van der Waals surface area contributed by atoms with E-state index in [2.05, 4.69) is 55.4 Å². The van der Waals surface area contributed by atoms with E-state index in [0.29, 0.717) is 31.6 Å². The zero-order valence-electron chi connectivity index (χ0n) is 61.6. The van der Waals surface area contributed by atoms with Crippen LogP contribution in [0.4, 0.5) is 0 Å². The minimum atomic E-state index is -4.96. The minimum Gasteiger partial charge on any atom is -0.462 e. The molecule has 0 heterocycles. The van der Waals surface area contributed by atoms with Gasteiger partial charge in [0.2, 0.25) is 0 Å². The van der Waals surface area contributed by atoms with E-state index in [-0.39, 0.29) is 25.7 Å². The fourth-order valence-corrected chi connectivity index (χ4v) is 12.9. The highest BCUT2D eigenvalue weighted by Gasteiger charge is 2.30. The zero-order valence-corrected chi connectivity index (χ0v) is 63.4. The van der Waals surface area contributed by atoms with Gasteiger partial charge in [-0.1, -0.05) is 325 Å². The maximum absolute atomic E-state index is 13.1. The Morgan fingerprint density at radius 3 is 0.755 bits per heavy atom. The molecule has 94 heavy (non-hydrogen) atoms. The van der Waals surface area contributed by atoms with Crippen LogP contribution in [-0.2, 0) is 65.4 Å². The minimum absolute atomic E-state index is 0.102. The molecule has 3 N–H and O–H groups in total. The van der Waals surface area contributed by atoms with Crippen molar-refractivity contribution >= 4 is 39.5 Å². The first-order valence-corrected chi connectivity index (χ1v) is 41.8. The summed E-state index contributed by atoms with van der Waals surface area (Å²) in [5.41, 5.74) is 0. The maximum Gasteiger partial charge on any atom is 0.472 e. The summed E-state index contributed by atoms with van der Waals surface area (Å²) in [7, 11) is -9.91. The second kappa shape index (κ2) is 64.4. The van der Waals surface area contributed by atoms with E-state index in [1.807, 2.05) is 0 Å². The molecule has 0 radical (unpaired) electrons. The number of hydrogen-bond acceptors (Lipinski definition) is 15. The predicted molar refractivity (Wildman–Crippen MR) is 381 cm³/mol. The average molecular weight is 1380 g/mol. The molecule has 0 rings (SSSR count). The summed E-state index contributed by atoms with van der Waals surface area (Å²) >= 11 is 0. The van der Waals surface area contributed by atoms with Gasteiger partial charge in [-0.3, -0.25) is 37.3 Å². The summed E-state index contributed by atoms with van der Waals surface area (Å²) in [5.74, 6) is 0.901. The van der Waals surface area contributed by atoms with Crippen LogP contribution in [0.15, 0.2) is 0 Å².